The topological polar surface area (TPSA) is 102 Å². The molecule has 8 nitrogen and oxygen atoms in total. The lowest BCUT2D eigenvalue weighted by Crippen LogP contribution is -2.21. The second kappa shape index (κ2) is 10.2. The zero-order valence-corrected chi connectivity index (χ0v) is 17.5. The van der Waals surface area contributed by atoms with Crippen molar-refractivity contribution in [2.45, 2.75) is 0 Å². The van der Waals surface area contributed by atoms with Crippen molar-refractivity contribution >= 4 is 35.3 Å². The molecule has 1 aromatic heterocycles. The van der Waals surface area contributed by atoms with Gasteiger partial charge in [-0.1, -0.05) is 17.7 Å². The van der Waals surface area contributed by atoms with Gasteiger partial charge in [-0.2, -0.15) is 5.10 Å². The summed E-state index contributed by atoms with van der Waals surface area (Å²) in [4.78, 5) is 29.3. The van der Waals surface area contributed by atoms with Gasteiger partial charge in [0.2, 0.25) is 0 Å². The summed E-state index contributed by atoms with van der Waals surface area (Å²) < 4.78 is 10.4. The van der Waals surface area contributed by atoms with Crippen molar-refractivity contribution in [3.8, 4) is 11.5 Å². The van der Waals surface area contributed by atoms with E-state index < -0.39 is 11.8 Å². The quantitative estimate of drug-likeness (QED) is 0.432. The summed E-state index contributed by atoms with van der Waals surface area (Å²) in [6, 6.07) is 12.9. The van der Waals surface area contributed by atoms with Gasteiger partial charge in [-0.3, -0.25) is 14.6 Å². The number of benzene rings is 2. The van der Waals surface area contributed by atoms with Crippen LogP contribution in [0.2, 0.25) is 5.02 Å². The second-order valence-electron chi connectivity index (χ2n) is 6.20. The predicted molar refractivity (Wildman–Crippen MR) is 118 cm³/mol. The molecule has 0 saturated carbocycles. The molecule has 1 heterocycles. The first kappa shape index (κ1) is 21.8. The molecular weight excluding hydrogens is 420 g/mol. The van der Waals surface area contributed by atoms with Crippen LogP contribution in [0.3, 0.4) is 0 Å². The Labute approximate surface area is 183 Å². The van der Waals surface area contributed by atoms with Gasteiger partial charge in [0, 0.05) is 28.5 Å². The molecule has 0 fully saturated rings. The zero-order chi connectivity index (χ0) is 22.2. The first-order valence-corrected chi connectivity index (χ1v) is 9.46. The molecule has 3 rings (SSSR count). The molecular formula is C22H19ClN4O4. The maximum atomic E-state index is 12.7. The Hall–Kier alpha value is -3.91. The molecule has 0 aliphatic carbocycles. The van der Waals surface area contributed by atoms with Crippen LogP contribution >= 0.6 is 11.6 Å². The molecule has 158 valence electrons. The number of carbonyl (C=O) groups excluding carboxylic acids is 2. The number of nitrogens with one attached hydrogen (secondary N) is 2. The average molecular weight is 439 g/mol. The third kappa shape index (κ3) is 5.58. The largest absolute Gasteiger partial charge is 0.493 e. The third-order valence-corrected chi connectivity index (χ3v) is 4.42. The fourth-order valence-electron chi connectivity index (χ4n) is 2.66. The summed E-state index contributed by atoms with van der Waals surface area (Å²) in [7, 11) is 2.99. The molecule has 0 radical (unpaired) electrons. The van der Waals surface area contributed by atoms with E-state index >= 15 is 0 Å². The molecule has 0 aliphatic heterocycles. The molecule has 9 heteroatoms. The minimum atomic E-state index is -0.537. The van der Waals surface area contributed by atoms with Crippen molar-refractivity contribution in [1.82, 2.24) is 10.4 Å². The number of pyridine rings is 1. The van der Waals surface area contributed by atoms with Gasteiger partial charge in [-0.15, -0.1) is 0 Å². The molecule has 2 amide bonds. The smallest absolute Gasteiger partial charge is 0.273 e. The second-order valence-corrected chi connectivity index (χ2v) is 6.64. The molecule has 0 atom stereocenters. The van der Waals surface area contributed by atoms with E-state index in [0.29, 0.717) is 22.1 Å². The highest BCUT2D eigenvalue weighted by Crippen LogP contribution is 2.28. The minimum absolute atomic E-state index is 0.157. The number of hydrogen-bond acceptors (Lipinski definition) is 6. The fourth-order valence-corrected chi connectivity index (χ4v) is 2.84. The number of methoxy groups -OCH3 is 2. The molecule has 0 spiro atoms. The third-order valence-electron chi connectivity index (χ3n) is 4.18. The lowest BCUT2D eigenvalue weighted by Gasteiger charge is -2.12. The normalized spacial score (nSPS) is 10.5. The standard InChI is InChI=1S/C22H19ClN4O4/c1-30-19-8-5-15(10-20(19)31-2)21(28)26-18-7-6-16(23)11-17(18)22(29)27-25-13-14-4-3-9-24-12-14/h3-13H,1-2H3,(H,26,28)(H,27,29). The van der Waals surface area contributed by atoms with Gasteiger partial charge >= 0.3 is 0 Å². The number of hydrazone groups is 1. The van der Waals surface area contributed by atoms with Gasteiger partial charge in [0.1, 0.15) is 0 Å². The summed E-state index contributed by atoms with van der Waals surface area (Å²) in [5, 5.41) is 6.97. The minimum Gasteiger partial charge on any atom is -0.493 e. The molecule has 2 N–H and O–H groups in total. The van der Waals surface area contributed by atoms with Crippen LogP contribution in [0, 0.1) is 0 Å². The van der Waals surface area contributed by atoms with Crippen molar-refractivity contribution in [3.05, 3.63) is 82.6 Å². The van der Waals surface area contributed by atoms with E-state index in [2.05, 4.69) is 20.8 Å². The van der Waals surface area contributed by atoms with Crippen molar-refractivity contribution in [1.29, 1.82) is 0 Å². The van der Waals surface area contributed by atoms with E-state index in [1.54, 1.807) is 54.9 Å². The van der Waals surface area contributed by atoms with Crippen LogP contribution in [0.25, 0.3) is 0 Å². The number of ether oxygens (including phenoxy) is 2. The maximum Gasteiger partial charge on any atom is 0.273 e. The Kier molecular flexibility index (Phi) is 7.18. The fraction of sp³-hybridized carbons (Fsp3) is 0.0909. The van der Waals surface area contributed by atoms with Crippen molar-refractivity contribution in [2.24, 2.45) is 5.10 Å². The molecule has 0 saturated heterocycles. The van der Waals surface area contributed by atoms with Gasteiger partial charge in [-0.05, 0) is 42.5 Å². The van der Waals surface area contributed by atoms with Crippen LogP contribution in [-0.2, 0) is 0 Å². The van der Waals surface area contributed by atoms with E-state index in [9.17, 15) is 9.59 Å². The van der Waals surface area contributed by atoms with Gasteiger partial charge in [0.05, 0.1) is 31.7 Å². The van der Waals surface area contributed by atoms with Crippen molar-refractivity contribution in [2.75, 3.05) is 19.5 Å². The number of rotatable bonds is 7. The van der Waals surface area contributed by atoms with Crippen molar-refractivity contribution in [3.63, 3.8) is 0 Å². The highest BCUT2D eigenvalue weighted by Gasteiger charge is 2.16. The van der Waals surface area contributed by atoms with E-state index in [4.69, 9.17) is 21.1 Å². The van der Waals surface area contributed by atoms with Gasteiger partial charge in [0.15, 0.2) is 11.5 Å². The number of amides is 2. The van der Waals surface area contributed by atoms with Crippen LogP contribution in [0.4, 0.5) is 5.69 Å². The maximum absolute atomic E-state index is 12.7. The molecule has 0 unspecified atom stereocenters. The van der Waals surface area contributed by atoms with Crippen LogP contribution in [-0.4, -0.2) is 37.2 Å². The Morgan fingerprint density at radius 2 is 1.84 bits per heavy atom. The number of anilines is 1. The average Bonchev–Trinajstić information content (AvgIpc) is 2.80. The lowest BCUT2D eigenvalue weighted by molar-refractivity contribution is 0.0956. The first-order chi connectivity index (χ1) is 15.0. The summed E-state index contributed by atoms with van der Waals surface area (Å²) in [6.07, 6.45) is 4.69. The van der Waals surface area contributed by atoms with E-state index in [-0.39, 0.29) is 11.3 Å². The van der Waals surface area contributed by atoms with Crippen LogP contribution < -0.4 is 20.2 Å². The summed E-state index contributed by atoms with van der Waals surface area (Å²) in [6.45, 7) is 0. The number of carbonyl (C=O) groups is 2. The highest BCUT2D eigenvalue weighted by molar-refractivity contribution is 6.31. The first-order valence-electron chi connectivity index (χ1n) is 9.08. The number of aromatic nitrogens is 1. The van der Waals surface area contributed by atoms with Gasteiger partial charge in [-0.25, -0.2) is 5.43 Å². The van der Waals surface area contributed by atoms with Gasteiger partial charge < -0.3 is 14.8 Å². The molecule has 2 aromatic carbocycles. The Morgan fingerprint density at radius 3 is 2.55 bits per heavy atom. The Bertz CT molecular complexity index is 1120. The van der Waals surface area contributed by atoms with Crippen LogP contribution in [0.1, 0.15) is 26.3 Å². The summed E-state index contributed by atoms with van der Waals surface area (Å²) in [5.74, 6) is -0.0625. The number of nitrogens with zero attached hydrogens (tertiary/aromatic N) is 2. The van der Waals surface area contributed by atoms with E-state index in [1.807, 2.05) is 0 Å². The predicted octanol–water partition coefficient (Wildman–Crippen LogP) is 3.77. The summed E-state index contributed by atoms with van der Waals surface area (Å²) >= 11 is 6.05. The SMILES string of the molecule is COc1ccc(C(=O)Nc2ccc(Cl)cc2C(=O)NN=Cc2cccnc2)cc1OC. The van der Waals surface area contributed by atoms with E-state index in [0.717, 1.165) is 5.56 Å². The number of hydrogen-bond donors (Lipinski definition) is 2. The molecule has 31 heavy (non-hydrogen) atoms. The van der Waals surface area contributed by atoms with E-state index in [1.165, 1.54) is 26.5 Å². The summed E-state index contributed by atoms with van der Waals surface area (Å²) in [5.41, 5.74) is 3.90. The Morgan fingerprint density at radius 1 is 1.03 bits per heavy atom. The lowest BCUT2D eigenvalue weighted by atomic mass is 10.1. The molecule has 0 bridgehead atoms. The monoisotopic (exact) mass is 438 g/mol. The van der Waals surface area contributed by atoms with Crippen LogP contribution in [0.5, 0.6) is 11.5 Å². The molecule has 0 aliphatic rings. The van der Waals surface area contributed by atoms with Crippen molar-refractivity contribution < 1.29 is 19.1 Å². The van der Waals surface area contributed by atoms with Gasteiger partial charge in [0.25, 0.3) is 11.8 Å². The number of halogens is 1. The highest BCUT2D eigenvalue weighted by atomic mass is 35.5. The van der Waals surface area contributed by atoms with Crippen LogP contribution in [0.15, 0.2) is 66.0 Å². The molecule has 3 aromatic rings. The Balaban J connectivity index is 1.78. The zero-order valence-electron chi connectivity index (χ0n) is 16.8.